The van der Waals surface area contributed by atoms with Crippen LogP contribution in [0.3, 0.4) is 0 Å². The molecule has 0 amide bonds. The van der Waals surface area contributed by atoms with Gasteiger partial charge in [0.2, 0.25) is 0 Å². The summed E-state index contributed by atoms with van der Waals surface area (Å²) in [4.78, 5) is 4.54. The summed E-state index contributed by atoms with van der Waals surface area (Å²) in [5.74, 6) is 0.807. The second-order valence-electron chi connectivity index (χ2n) is 4.64. The number of pyridine rings is 1. The molecule has 2 aromatic rings. The Hall–Kier alpha value is -1.90. The summed E-state index contributed by atoms with van der Waals surface area (Å²) >= 11 is 0. The van der Waals surface area contributed by atoms with Crippen LogP contribution in [0.15, 0.2) is 41.5 Å². The molecule has 3 nitrogen and oxygen atoms in total. The van der Waals surface area contributed by atoms with Gasteiger partial charge in [0.15, 0.2) is 0 Å². The lowest BCUT2D eigenvalue weighted by atomic mass is 10.1. The topological polar surface area (TPSA) is 37.3 Å². The van der Waals surface area contributed by atoms with Crippen LogP contribution in [0, 0.1) is 0 Å². The average Bonchev–Trinajstić information content (AvgIpc) is 2.47. The standard InChI is InChI=1S/C16H21N3/c1-3-5-9-14(4-2)18-19-16-12-11-13-8-6-7-10-15(13)17-16/h6-8,10-12H,3-5,9H2,1-2H3,(H,17,19)/b18-14+. The van der Waals surface area contributed by atoms with Crippen molar-refractivity contribution < 1.29 is 0 Å². The van der Waals surface area contributed by atoms with E-state index in [1.54, 1.807) is 0 Å². The van der Waals surface area contributed by atoms with Crippen LogP contribution in [0.4, 0.5) is 5.82 Å². The van der Waals surface area contributed by atoms with Crippen LogP contribution in [-0.4, -0.2) is 10.7 Å². The van der Waals surface area contributed by atoms with Crippen LogP contribution in [0.2, 0.25) is 0 Å². The van der Waals surface area contributed by atoms with E-state index in [9.17, 15) is 0 Å². The summed E-state index contributed by atoms with van der Waals surface area (Å²) in [5, 5.41) is 5.61. The molecule has 0 atom stereocenters. The average molecular weight is 255 g/mol. The molecule has 0 unspecified atom stereocenters. The summed E-state index contributed by atoms with van der Waals surface area (Å²) in [5.41, 5.74) is 5.27. The van der Waals surface area contributed by atoms with Crippen LogP contribution >= 0.6 is 0 Å². The zero-order valence-corrected chi connectivity index (χ0v) is 11.7. The number of fused-ring (bicyclic) bond motifs is 1. The van der Waals surface area contributed by atoms with Crippen molar-refractivity contribution >= 4 is 22.4 Å². The van der Waals surface area contributed by atoms with Gasteiger partial charge in [-0.1, -0.05) is 38.5 Å². The van der Waals surface area contributed by atoms with E-state index in [0.717, 1.165) is 29.6 Å². The van der Waals surface area contributed by atoms with Gasteiger partial charge in [-0.25, -0.2) is 4.98 Å². The Morgan fingerprint density at radius 1 is 1.16 bits per heavy atom. The molecule has 3 heteroatoms. The van der Waals surface area contributed by atoms with Gasteiger partial charge in [-0.05, 0) is 37.5 Å². The van der Waals surface area contributed by atoms with Gasteiger partial charge in [-0.15, -0.1) is 0 Å². The third-order valence-corrected chi connectivity index (χ3v) is 3.15. The van der Waals surface area contributed by atoms with Crippen LogP contribution in [0.25, 0.3) is 10.9 Å². The highest BCUT2D eigenvalue weighted by Crippen LogP contribution is 2.14. The smallest absolute Gasteiger partial charge is 0.146 e. The lowest BCUT2D eigenvalue weighted by molar-refractivity contribution is 0.824. The lowest BCUT2D eigenvalue weighted by Gasteiger charge is -2.05. The predicted molar refractivity (Wildman–Crippen MR) is 82.6 cm³/mol. The van der Waals surface area contributed by atoms with Crippen LogP contribution < -0.4 is 5.43 Å². The molecule has 1 N–H and O–H groups in total. The molecule has 0 aliphatic rings. The molecule has 1 aromatic heterocycles. The number of hydrogen-bond donors (Lipinski definition) is 1. The number of nitrogens with one attached hydrogen (secondary N) is 1. The van der Waals surface area contributed by atoms with E-state index in [2.05, 4.69) is 41.5 Å². The number of nitrogens with zero attached hydrogens (tertiary/aromatic N) is 2. The molecule has 0 saturated carbocycles. The van der Waals surface area contributed by atoms with Gasteiger partial charge >= 0.3 is 0 Å². The molecule has 1 heterocycles. The predicted octanol–water partition coefficient (Wildman–Crippen LogP) is 4.60. The number of unbranched alkanes of at least 4 members (excludes halogenated alkanes) is 1. The quantitative estimate of drug-likeness (QED) is 0.605. The van der Waals surface area contributed by atoms with Crippen molar-refractivity contribution in [3.8, 4) is 0 Å². The van der Waals surface area contributed by atoms with Gasteiger partial charge < -0.3 is 0 Å². The van der Waals surface area contributed by atoms with Crippen LogP contribution in [0.1, 0.15) is 39.5 Å². The molecule has 0 radical (unpaired) electrons. The molecule has 0 bridgehead atoms. The van der Waals surface area contributed by atoms with Gasteiger partial charge in [0, 0.05) is 11.1 Å². The fraction of sp³-hybridized carbons (Fsp3) is 0.375. The maximum atomic E-state index is 4.54. The Morgan fingerprint density at radius 2 is 2.00 bits per heavy atom. The van der Waals surface area contributed by atoms with Gasteiger partial charge in [0.05, 0.1) is 5.52 Å². The molecule has 100 valence electrons. The zero-order valence-electron chi connectivity index (χ0n) is 11.7. The SMILES string of the molecule is CCCC/C(CC)=N/Nc1ccc2ccccc2n1. The summed E-state index contributed by atoms with van der Waals surface area (Å²) in [6.45, 7) is 4.34. The van der Waals surface area contributed by atoms with Crippen molar-refractivity contribution in [2.45, 2.75) is 39.5 Å². The largest absolute Gasteiger partial charge is 0.261 e. The number of para-hydroxylation sites is 1. The normalized spacial score (nSPS) is 11.8. The number of hydrogen-bond acceptors (Lipinski definition) is 3. The van der Waals surface area contributed by atoms with Crippen molar-refractivity contribution in [3.05, 3.63) is 36.4 Å². The summed E-state index contributed by atoms with van der Waals surface area (Å²) in [7, 11) is 0. The first-order chi connectivity index (χ1) is 9.33. The first-order valence-electron chi connectivity index (χ1n) is 7.00. The van der Waals surface area contributed by atoms with E-state index in [1.165, 1.54) is 18.6 Å². The summed E-state index contributed by atoms with van der Waals surface area (Å²) in [6.07, 6.45) is 4.45. The first-order valence-corrected chi connectivity index (χ1v) is 7.00. The molecule has 1 aromatic carbocycles. The molecule has 0 aliphatic heterocycles. The van der Waals surface area contributed by atoms with E-state index in [4.69, 9.17) is 0 Å². The third-order valence-electron chi connectivity index (χ3n) is 3.15. The van der Waals surface area contributed by atoms with Gasteiger partial charge in [0.25, 0.3) is 0 Å². The fourth-order valence-corrected chi connectivity index (χ4v) is 1.96. The number of anilines is 1. The minimum atomic E-state index is 0.807. The third kappa shape index (κ3) is 3.78. The van der Waals surface area contributed by atoms with Crippen LogP contribution in [-0.2, 0) is 0 Å². The van der Waals surface area contributed by atoms with Crippen molar-refractivity contribution in [1.82, 2.24) is 4.98 Å². The highest BCUT2D eigenvalue weighted by molar-refractivity contribution is 5.85. The summed E-state index contributed by atoms with van der Waals surface area (Å²) in [6, 6.07) is 12.1. The number of benzene rings is 1. The minimum Gasteiger partial charge on any atom is -0.261 e. The van der Waals surface area contributed by atoms with E-state index < -0.39 is 0 Å². The van der Waals surface area contributed by atoms with Crippen molar-refractivity contribution in [2.75, 3.05) is 5.43 Å². The van der Waals surface area contributed by atoms with E-state index >= 15 is 0 Å². The zero-order chi connectivity index (χ0) is 13.5. The van der Waals surface area contributed by atoms with Crippen molar-refractivity contribution in [1.29, 1.82) is 0 Å². The van der Waals surface area contributed by atoms with E-state index in [-0.39, 0.29) is 0 Å². The Kier molecular flexibility index (Phi) is 4.90. The second kappa shape index (κ2) is 6.88. The van der Waals surface area contributed by atoms with E-state index in [1.807, 2.05) is 24.3 Å². The molecule has 2 rings (SSSR count). The number of aromatic nitrogens is 1. The minimum absolute atomic E-state index is 0.807. The lowest BCUT2D eigenvalue weighted by Crippen LogP contribution is -2.02. The molecule has 0 saturated heterocycles. The first kappa shape index (κ1) is 13.5. The molecule has 0 spiro atoms. The van der Waals surface area contributed by atoms with Crippen molar-refractivity contribution in [2.24, 2.45) is 5.10 Å². The number of hydrazone groups is 1. The Labute approximate surface area is 114 Å². The molecule has 19 heavy (non-hydrogen) atoms. The van der Waals surface area contributed by atoms with Gasteiger partial charge in [0.1, 0.15) is 5.82 Å². The summed E-state index contributed by atoms with van der Waals surface area (Å²) < 4.78 is 0. The highest BCUT2D eigenvalue weighted by atomic mass is 15.3. The molecular formula is C16H21N3. The maximum absolute atomic E-state index is 4.54. The monoisotopic (exact) mass is 255 g/mol. The Balaban J connectivity index is 2.09. The van der Waals surface area contributed by atoms with E-state index in [0.29, 0.717) is 0 Å². The Bertz CT molecular complexity index is 561. The molecule has 0 aliphatic carbocycles. The van der Waals surface area contributed by atoms with Crippen LogP contribution in [0.5, 0.6) is 0 Å². The van der Waals surface area contributed by atoms with Gasteiger partial charge in [-0.2, -0.15) is 5.10 Å². The number of rotatable bonds is 6. The molecular weight excluding hydrogens is 234 g/mol. The van der Waals surface area contributed by atoms with Crippen molar-refractivity contribution in [3.63, 3.8) is 0 Å². The maximum Gasteiger partial charge on any atom is 0.146 e. The molecule has 0 fully saturated rings. The van der Waals surface area contributed by atoms with Gasteiger partial charge in [-0.3, -0.25) is 5.43 Å². The Morgan fingerprint density at radius 3 is 2.79 bits per heavy atom. The fourth-order valence-electron chi connectivity index (χ4n) is 1.96. The second-order valence-corrected chi connectivity index (χ2v) is 4.64. The highest BCUT2D eigenvalue weighted by Gasteiger charge is 1.98.